The van der Waals surface area contributed by atoms with Crippen molar-refractivity contribution in [2.45, 2.75) is 29.9 Å². The number of sulfonamides is 1. The number of rotatable bonds is 7. The van der Waals surface area contributed by atoms with E-state index in [9.17, 15) is 13.2 Å². The first-order valence-corrected chi connectivity index (χ1v) is 11.9. The number of thiophene rings is 1. The highest BCUT2D eigenvalue weighted by Gasteiger charge is 2.22. The molecule has 0 atom stereocenters. The fraction of sp³-hybridized carbons (Fsp3) is 0.450. The number of carbonyl (C=O) groups is 1. The number of anilines is 1. The average molecular weight is 422 g/mol. The molecule has 0 aliphatic carbocycles. The maximum Gasteiger partial charge on any atom is 0.273 e. The Kier molecular flexibility index (Phi) is 7.09. The van der Waals surface area contributed by atoms with Crippen LogP contribution < -0.4 is 9.62 Å². The maximum absolute atomic E-state index is 12.6. The fourth-order valence-electron chi connectivity index (χ4n) is 3.30. The highest BCUT2D eigenvalue weighted by molar-refractivity contribution is 7.94. The molecule has 1 amide bonds. The van der Waals surface area contributed by atoms with Gasteiger partial charge in [0.1, 0.15) is 4.21 Å². The molecule has 2 aromatic rings. The van der Waals surface area contributed by atoms with Gasteiger partial charge in [0, 0.05) is 25.7 Å². The van der Waals surface area contributed by atoms with E-state index in [0.717, 1.165) is 19.6 Å². The van der Waals surface area contributed by atoms with E-state index >= 15 is 0 Å². The number of benzene rings is 1. The smallest absolute Gasteiger partial charge is 0.273 e. The minimum atomic E-state index is -3.57. The summed E-state index contributed by atoms with van der Waals surface area (Å²) in [5.74, 6) is -0.134. The number of carbonyl (C=O) groups excluding carboxylic acids is 1. The highest BCUT2D eigenvalue weighted by Crippen LogP contribution is 2.25. The second-order valence-electron chi connectivity index (χ2n) is 6.96. The first kappa shape index (κ1) is 20.8. The molecular formula is C20H27N3O3S2. The van der Waals surface area contributed by atoms with Gasteiger partial charge in [-0.1, -0.05) is 18.9 Å². The van der Waals surface area contributed by atoms with Crippen molar-refractivity contribution >= 4 is 33.0 Å². The van der Waals surface area contributed by atoms with Crippen molar-refractivity contribution in [1.82, 2.24) is 10.2 Å². The maximum atomic E-state index is 12.6. The van der Waals surface area contributed by atoms with Gasteiger partial charge in [0.2, 0.25) is 0 Å². The normalized spacial score (nSPS) is 15.8. The van der Waals surface area contributed by atoms with Crippen molar-refractivity contribution < 1.29 is 13.2 Å². The lowest BCUT2D eigenvalue weighted by Gasteiger charge is -2.20. The number of hydrogen-bond donors (Lipinski definition) is 1. The van der Waals surface area contributed by atoms with Crippen molar-refractivity contribution in [1.29, 1.82) is 0 Å². The molecule has 1 saturated heterocycles. The molecule has 1 aromatic heterocycles. The summed E-state index contributed by atoms with van der Waals surface area (Å²) in [6.07, 6.45) is 5.06. The lowest BCUT2D eigenvalue weighted by atomic mass is 10.2. The number of nitrogens with zero attached hydrogens (tertiary/aromatic N) is 2. The second-order valence-corrected chi connectivity index (χ2v) is 10.1. The van der Waals surface area contributed by atoms with E-state index < -0.39 is 10.0 Å². The van der Waals surface area contributed by atoms with E-state index in [1.54, 1.807) is 41.8 Å². The van der Waals surface area contributed by atoms with Gasteiger partial charge >= 0.3 is 0 Å². The van der Waals surface area contributed by atoms with Crippen molar-refractivity contribution in [3.63, 3.8) is 0 Å². The Morgan fingerprint density at radius 2 is 1.79 bits per heavy atom. The minimum absolute atomic E-state index is 0.134. The highest BCUT2D eigenvalue weighted by atomic mass is 32.2. The van der Waals surface area contributed by atoms with Crippen LogP contribution >= 0.6 is 11.3 Å². The summed E-state index contributed by atoms with van der Waals surface area (Å²) in [6.45, 7) is 3.70. The third-order valence-corrected chi connectivity index (χ3v) is 8.17. The number of likely N-dealkylation sites (tertiary alicyclic amines) is 1. The molecule has 0 saturated carbocycles. The molecule has 1 fully saturated rings. The molecule has 1 aromatic carbocycles. The molecule has 1 N–H and O–H groups in total. The molecule has 152 valence electrons. The van der Waals surface area contributed by atoms with E-state index in [1.165, 1.54) is 48.4 Å². The molecule has 0 bridgehead atoms. The van der Waals surface area contributed by atoms with Gasteiger partial charge in [0.25, 0.3) is 15.9 Å². The molecular weight excluding hydrogens is 394 g/mol. The molecule has 3 rings (SSSR count). The predicted molar refractivity (Wildman–Crippen MR) is 114 cm³/mol. The Bertz CT molecular complexity index is 857. The van der Waals surface area contributed by atoms with Gasteiger partial charge in [0.15, 0.2) is 0 Å². The zero-order valence-corrected chi connectivity index (χ0v) is 17.8. The summed E-state index contributed by atoms with van der Waals surface area (Å²) in [5, 5.41) is 4.69. The molecule has 1 aliphatic heterocycles. The number of hydrogen-bond acceptors (Lipinski definition) is 5. The van der Waals surface area contributed by atoms with Gasteiger partial charge in [-0.05, 0) is 61.6 Å². The van der Waals surface area contributed by atoms with Crippen LogP contribution in [0.15, 0.2) is 46.0 Å². The second kappa shape index (κ2) is 9.54. The van der Waals surface area contributed by atoms with Crippen LogP contribution in [-0.2, 0) is 10.0 Å². The quantitative estimate of drug-likeness (QED) is 0.745. The zero-order valence-electron chi connectivity index (χ0n) is 16.1. The monoisotopic (exact) mass is 421 g/mol. The first-order valence-electron chi connectivity index (χ1n) is 9.61. The van der Waals surface area contributed by atoms with E-state index in [4.69, 9.17) is 0 Å². The molecule has 0 radical (unpaired) electrons. The van der Waals surface area contributed by atoms with Crippen LogP contribution in [0.1, 0.15) is 36.0 Å². The fourth-order valence-corrected chi connectivity index (χ4v) is 5.65. The SMILES string of the molecule is CN(c1ccc(C(=O)NCCN2CCCCCC2)cc1)S(=O)(=O)c1cccs1. The summed E-state index contributed by atoms with van der Waals surface area (Å²) in [4.78, 5) is 14.8. The predicted octanol–water partition coefficient (Wildman–Crippen LogP) is 3.18. The first-order chi connectivity index (χ1) is 13.5. The standard InChI is InChI=1S/C20H27N3O3S2/c1-22(28(25,26)19-7-6-16-27-19)18-10-8-17(9-11-18)20(24)21-12-15-23-13-4-2-3-5-14-23/h6-11,16H,2-5,12-15H2,1H3,(H,21,24). The summed E-state index contributed by atoms with van der Waals surface area (Å²) in [6, 6.07) is 9.95. The van der Waals surface area contributed by atoms with Crippen molar-refractivity contribution in [2.75, 3.05) is 37.5 Å². The number of amides is 1. The Labute approximate surface area is 171 Å². The Morgan fingerprint density at radius 3 is 2.39 bits per heavy atom. The lowest BCUT2D eigenvalue weighted by molar-refractivity contribution is 0.0948. The van der Waals surface area contributed by atoms with Gasteiger partial charge in [0.05, 0.1) is 5.69 Å². The van der Waals surface area contributed by atoms with E-state index in [0.29, 0.717) is 22.0 Å². The van der Waals surface area contributed by atoms with E-state index in [1.807, 2.05) is 0 Å². The van der Waals surface area contributed by atoms with Crippen LogP contribution in [0, 0.1) is 0 Å². The molecule has 28 heavy (non-hydrogen) atoms. The van der Waals surface area contributed by atoms with E-state index in [2.05, 4.69) is 10.2 Å². The van der Waals surface area contributed by atoms with Crippen molar-refractivity contribution in [3.8, 4) is 0 Å². The van der Waals surface area contributed by atoms with Crippen molar-refractivity contribution in [2.24, 2.45) is 0 Å². The van der Waals surface area contributed by atoms with Gasteiger partial charge in [-0.15, -0.1) is 11.3 Å². The third kappa shape index (κ3) is 5.12. The topological polar surface area (TPSA) is 69.7 Å². The van der Waals surface area contributed by atoms with Gasteiger partial charge < -0.3 is 10.2 Å². The lowest BCUT2D eigenvalue weighted by Crippen LogP contribution is -2.35. The van der Waals surface area contributed by atoms with Crippen molar-refractivity contribution in [3.05, 3.63) is 47.3 Å². The van der Waals surface area contributed by atoms with Crippen LogP contribution in [0.2, 0.25) is 0 Å². The van der Waals surface area contributed by atoms with Crippen LogP contribution in [-0.4, -0.2) is 52.5 Å². The van der Waals surface area contributed by atoms with Crippen LogP contribution in [0.5, 0.6) is 0 Å². The van der Waals surface area contributed by atoms with Crippen LogP contribution in [0.3, 0.4) is 0 Å². The molecule has 1 aliphatic rings. The summed E-state index contributed by atoms with van der Waals surface area (Å²) < 4.78 is 26.7. The molecule has 8 heteroatoms. The number of nitrogens with one attached hydrogen (secondary N) is 1. The van der Waals surface area contributed by atoms with E-state index in [-0.39, 0.29) is 5.91 Å². The zero-order chi connectivity index (χ0) is 20.0. The largest absolute Gasteiger partial charge is 0.351 e. The Hall–Kier alpha value is -1.90. The summed E-state index contributed by atoms with van der Waals surface area (Å²) in [7, 11) is -2.05. The molecule has 6 nitrogen and oxygen atoms in total. The molecule has 2 heterocycles. The summed E-state index contributed by atoms with van der Waals surface area (Å²) >= 11 is 1.19. The average Bonchev–Trinajstić information content (AvgIpc) is 3.14. The van der Waals surface area contributed by atoms with Crippen LogP contribution in [0.4, 0.5) is 5.69 Å². The molecule has 0 unspecified atom stereocenters. The van der Waals surface area contributed by atoms with Crippen LogP contribution in [0.25, 0.3) is 0 Å². The molecule has 0 spiro atoms. The van der Waals surface area contributed by atoms with Gasteiger partial charge in [-0.25, -0.2) is 8.42 Å². The van der Waals surface area contributed by atoms with Gasteiger partial charge in [-0.2, -0.15) is 0 Å². The summed E-state index contributed by atoms with van der Waals surface area (Å²) in [5.41, 5.74) is 1.05. The Balaban J connectivity index is 1.55. The van der Waals surface area contributed by atoms with Gasteiger partial charge in [-0.3, -0.25) is 9.10 Å². The Morgan fingerprint density at radius 1 is 1.11 bits per heavy atom. The minimum Gasteiger partial charge on any atom is -0.351 e. The third-order valence-electron chi connectivity index (χ3n) is 5.02.